The summed E-state index contributed by atoms with van der Waals surface area (Å²) in [6.07, 6.45) is 7.30. The average Bonchev–Trinajstić information content (AvgIpc) is 2.27. The third-order valence-electron chi connectivity index (χ3n) is 2.55. The first-order valence-corrected chi connectivity index (χ1v) is 6.72. The Morgan fingerprint density at radius 2 is 1.93 bits per heavy atom. The molecule has 0 radical (unpaired) electrons. The van der Waals surface area contributed by atoms with Gasteiger partial charge in [-0.15, -0.1) is 11.8 Å². The molecule has 15 heavy (non-hydrogen) atoms. The molecule has 0 aliphatic rings. The molecule has 0 aliphatic carbocycles. The minimum atomic E-state index is 0.193. The van der Waals surface area contributed by atoms with Crippen LogP contribution in [-0.4, -0.2) is 12.0 Å². The second kappa shape index (κ2) is 7.75. The highest BCUT2D eigenvalue weighted by Crippen LogP contribution is 2.24. The normalized spacial score (nSPS) is 13.8. The Hall–Kier alpha value is -0.500. The van der Waals surface area contributed by atoms with Crippen LogP contribution in [0.1, 0.15) is 47.0 Å². The monoisotopic (exact) mass is 226 g/mol. The van der Waals surface area contributed by atoms with Gasteiger partial charge in [-0.05, 0) is 50.3 Å². The van der Waals surface area contributed by atoms with Crippen LogP contribution in [0.3, 0.4) is 0 Å². The van der Waals surface area contributed by atoms with Crippen LogP contribution < -0.4 is 0 Å². The summed E-state index contributed by atoms with van der Waals surface area (Å²) in [5.41, 5.74) is 1.77. The first-order valence-electron chi connectivity index (χ1n) is 5.49. The number of thioether (sulfide) groups is 1. The predicted octanol–water partition coefficient (Wildman–Crippen LogP) is 4.35. The Morgan fingerprint density at radius 3 is 2.33 bits per heavy atom. The third-order valence-corrected chi connectivity index (χ3v) is 3.56. The number of rotatable bonds is 6. The molecule has 0 heterocycles. The molecule has 0 saturated heterocycles. The van der Waals surface area contributed by atoms with Gasteiger partial charge >= 0.3 is 0 Å². The summed E-state index contributed by atoms with van der Waals surface area (Å²) in [6, 6.07) is 0. The van der Waals surface area contributed by atoms with Gasteiger partial charge in [0.1, 0.15) is 0 Å². The summed E-state index contributed by atoms with van der Waals surface area (Å²) in [6.45, 7) is 7.90. The van der Waals surface area contributed by atoms with Crippen LogP contribution in [0.2, 0.25) is 0 Å². The molecule has 86 valence electrons. The lowest BCUT2D eigenvalue weighted by Crippen LogP contribution is -2.03. The maximum atomic E-state index is 11.9. The lowest BCUT2D eigenvalue weighted by atomic mass is 10.0. The van der Waals surface area contributed by atoms with Crippen molar-refractivity contribution in [1.82, 2.24) is 0 Å². The molecule has 1 nitrogen and oxygen atoms in total. The van der Waals surface area contributed by atoms with Gasteiger partial charge in [0.25, 0.3) is 0 Å². The molecule has 0 spiro atoms. The Bertz CT molecular complexity index is 274. The van der Waals surface area contributed by atoms with Crippen molar-refractivity contribution in [2.24, 2.45) is 0 Å². The third kappa shape index (κ3) is 4.70. The van der Waals surface area contributed by atoms with E-state index in [4.69, 9.17) is 0 Å². The highest BCUT2D eigenvalue weighted by Gasteiger charge is 2.11. The first kappa shape index (κ1) is 14.5. The van der Waals surface area contributed by atoms with Gasteiger partial charge in [0.2, 0.25) is 0 Å². The van der Waals surface area contributed by atoms with Gasteiger partial charge < -0.3 is 0 Å². The molecule has 2 heteroatoms. The van der Waals surface area contributed by atoms with E-state index in [1.54, 1.807) is 11.8 Å². The molecular formula is C13H22OS. The van der Waals surface area contributed by atoms with Crippen molar-refractivity contribution in [3.63, 3.8) is 0 Å². The fourth-order valence-corrected chi connectivity index (χ4v) is 2.08. The predicted molar refractivity (Wildman–Crippen MR) is 70.2 cm³/mol. The van der Waals surface area contributed by atoms with Crippen molar-refractivity contribution < 1.29 is 4.79 Å². The molecule has 0 bridgehead atoms. The Kier molecular flexibility index (Phi) is 7.49. The van der Waals surface area contributed by atoms with Crippen LogP contribution in [0.4, 0.5) is 0 Å². The van der Waals surface area contributed by atoms with Crippen molar-refractivity contribution in [2.45, 2.75) is 47.0 Å². The lowest BCUT2D eigenvalue weighted by Gasteiger charge is -2.08. The van der Waals surface area contributed by atoms with Crippen molar-refractivity contribution >= 4 is 17.5 Å². The average molecular weight is 226 g/mol. The van der Waals surface area contributed by atoms with Crippen molar-refractivity contribution in [2.75, 3.05) is 6.26 Å². The zero-order valence-electron chi connectivity index (χ0n) is 10.5. The van der Waals surface area contributed by atoms with E-state index in [2.05, 4.69) is 6.92 Å². The highest BCUT2D eigenvalue weighted by molar-refractivity contribution is 8.02. The smallest absolute Gasteiger partial charge is 0.184 e. The molecule has 0 amide bonds. The van der Waals surface area contributed by atoms with Gasteiger partial charge in [-0.2, -0.15) is 0 Å². The van der Waals surface area contributed by atoms with E-state index in [1.165, 1.54) is 11.3 Å². The second-order valence-corrected chi connectivity index (χ2v) is 4.56. The summed E-state index contributed by atoms with van der Waals surface area (Å²) in [4.78, 5) is 13.1. The quantitative estimate of drug-likeness (QED) is 0.626. The molecule has 0 aromatic heterocycles. The Morgan fingerprint density at radius 1 is 1.33 bits per heavy atom. The number of ketones is 1. The molecule has 0 atom stereocenters. The van der Waals surface area contributed by atoms with Gasteiger partial charge in [0.15, 0.2) is 5.78 Å². The molecule has 0 aromatic rings. The number of allylic oxidation sites excluding steroid dienone is 4. The zero-order valence-corrected chi connectivity index (χ0v) is 11.3. The largest absolute Gasteiger partial charge is 0.289 e. The van der Waals surface area contributed by atoms with Crippen molar-refractivity contribution in [3.05, 3.63) is 22.1 Å². The number of hydrogen-bond donors (Lipinski definition) is 0. The Labute approximate surface area is 98.0 Å². The minimum Gasteiger partial charge on any atom is -0.289 e. The number of hydrogen-bond acceptors (Lipinski definition) is 2. The summed E-state index contributed by atoms with van der Waals surface area (Å²) in [7, 11) is 0. The van der Waals surface area contributed by atoms with E-state index < -0.39 is 0 Å². The SMILES string of the molecule is C/C=C(\C)C(=O)/C(C)=C(/CCCC)SC. The van der Waals surface area contributed by atoms with E-state index in [9.17, 15) is 4.79 Å². The van der Waals surface area contributed by atoms with Gasteiger partial charge in [0.05, 0.1) is 0 Å². The first-order chi connectivity index (χ1) is 7.08. The topological polar surface area (TPSA) is 17.1 Å². The minimum absolute atomic E-state index is 0.193. The van der Waals surface area contributed by atoms with Gasteiger partial charge in [0, 0.05) is 5.57 Å². The summed E-state index contributed by atoms with van der Waals surface area (Å²) >= 11 is 1.71. The van der Waals surface area contributed by atoms with E-state index >= 15 is 0 Å². The van der Waals surface area contributed by atoms with E-state index in [0.717, 1.165) is 24.0 Å². The maximum Gasteiger partial charge on any atom is 0.184 e. The van der Waals surface area contributed by atoms with Gasteiger partial charge in [-0.1, -0.05) is 19.4 Å². The van der Waals surface area contributed by atoms with Crippen LogP contribution in [0.5, 0.6) is 0 Å². The van der Waals surface area contributed by atoms with Gasteiger partial charge in [-0.25, -0.2) is 0 Å². The molecule has 0 aromatic carbocycles. The molecule has 0 aliphatic heterocycles. The van der Waals surface area contributed by atoms with Crippen LogP contribution in [-0.2, 0) is 4.79 Å². The highest BCUT2D eigenvalue weighted by atomic mass is 32.2. The van der Waals surface area contributed by atoms with Crippen LogP contribution >= 0.6 is 11.8 Å². The molecule has 0 rings (SSSR count). The maximum absolute atomic E-state index is 11.9. The molecule has 0 unspecified atom stereocenters. The number of unbranched alkanes of at least 4 members (excludes halogenated alkanes) is 1. The molecule has 0 saturated carbocycles. The zero-order chi connectivity index (χ0) is 11.8. The fourth-order valence-electron chi connectivity index (χ4n) is 1.33. The Balaban J connectivity index is 4.78. The molecule has 0 fully saturated rings. The fraction of sp³-hybridized carbons (Fsp3) is 0.615. The molecular weight excluding hydrogens is 204 g/mol. The molecule has 0 N–H and O–H groups in total. The van der Waals surface area contributed by atoms with Crippen LogP contribution in [0.25, 0.3) is 0 Å². The number of carbonyl (C=O) groups excluding carboxylic acids is 1. The van der Waals surface area contributed by atoms with E-state index in [0.29, 0.717) is 0 Å². The van der Waals surface area contributed by atoms with Crippen LogP contribution in [0.15, 0.2) is 22.1 Å². The van der Waals surface area contributed by atoms with Gasteiger partial charge in [-0.3, -0.25) is 4.79 Å². The standard InChI is InChI=1S/C13H22OS/c1-6-8-9-12(15-5)11(4)13(14)10(3)7-2/h7H,6,8-9H2,1-5H3/b10-7+,12-11-. The summed E-state index contributed by atoms with van der Waals surface area (Å²) < 4.78 is 0. The van der Waals surface area contributed by atoms with Crippen LogP contribution in [0, 0.1) is 0 Å². The second-order valence-electron chi connectivity index (χ2n) is 3.66. The summed E-state index contributed by atoms with van der Waals surface area (Å²) in [5, 5.41) is 0. The van der Waals surface area contributed by atoms with E-state index in [-0.39, 0.29) is 5.78 Å². The van der Waals surface area contributed by atoms with Crippen molar-refractivity contribution in [3.8, 4) is 0 Å². The number of Topliss-reactive ketones (excluding diaryl/α,β-unsaturated/α-hetero) is 1. The van der Waals surface area contributed by atoms with Crippen molar-refractivity contribution in [1.29, 1.82) is 0 Å². The number of carbonyl (C=O) groups is 1. The lowest BCUT2D eigenvalue weighted by molar-refractivity contribution is -0.112. The summed E-state index contributed by atoms with van der Waals surface area (Å²) in [5.74, 6) is 0.193. The van der Waals surface area contributed by atoms with E-state index in [1.807, 2.05) is 33.1 Å².